The van der Waals surface area contributed by atoms with E-state index in [2.05, 4.69) is 5.10 Å². The number of esters is 1. The van der Waals surface area contributed by atoms with Crippen LogP contribution in [0.5, 0.6) is 0 Å². The van der Waals surface area contributed by atoms with E-state index in [9.17, 15) is 22.8 Å². The van der Waals surface area contributed by atoms with Gasteiger partial charge in [-0.15, -0.1) is 0 Å². The molecule has 0 radical (unpaired) electrons. The minimum Gasteiger partial charge on any atom is -0.427 e. The van der Waals surface area contributed by atoms with E-state index in [1.165, 1.54) is 14.0 Å². The van der Waals surface area contributed by atoms with Crippen LogP contribution < -0.4 is 0 Å². The highest BCUT2D eigenvalue weighted by atomic mass is 19.4. The molecular weight excluding hydrogens is 289 g/mol. The Balaban J connectivity index is 2.30. The average molecular weight is 302 g/mol. The number of ether oxygens (including phenoxy) is 1. The standard InChI is InChI=1S/C13H13F3N2O3/c1-7-9(19)4-3-5-10(7)21-12(20)8-6-18(2)17-11(8)13(14,15)16/h6H,3-5H2,1-2H3. The van der Waals surface area contributed by atoms with E-state index >= 15 is 0 Å². The first-order valence-electron chi connectivity index (χ1n) is 6.26. The predicted octanol–water partition coefficient (Wildman–Crippen LogP) is 2.62. The minimum absolute atomic E-state index is 0.133. The van der Waals surface area contributed by atoms with E-state index in [1.807, 2.05) is 0 Å². The number of hydrogen-bond acceptors (Lipinski definition) is 4. The van der Waals surface area contributed by atoms with Gasteiger partial charge in [-0.05, 0) is 13.3 Å². The molecule has 0 N–H and O–H groups in total. The van der Waals surface area contributed by atoms with Gasteiger partial charge in [0.1, 0.15) is 11.3 Å². The monoisotopic (exact) mass is 302 g/mol. The molecule has 0 saturated carbocycles. The normalized spacial score (nSPS) is 16.3. The smallest absolute Gasteiger partial charge is 0.427 e. The zero-order valence-corrected chi connectivity index (χ0v) is 11.5. The van der Waals surface area contributed by atoms with Crippen LogP contribution in [-0.2, 0) is 22.8 Å². The molecule has 1 aliphatic carbocycles. The lowest BCUT2D eigenvalue weighted by molar-refractivity contribution is -0.142. The highest BCUT2D eigenvalue weighted by molar-refractivity contribution is 5.97. The molecule has 0 amide bonds. The summed E-state index contributed by atoms with van der Waals surface area (Å²) in [6.45, 7) is 1.50. The zero-order chi connectivity index (χ0) is 15.8. The van der Waals surface area contributed by atoms with Gasteiger partial charge >= 0.3 is 12.1 Å². The van der Waals surface area contributed by atoms with Crippen molar-refractivity contribution in [3.05, 3.63) is 28.8 Å². The fourth-order valence-corrected chi connectivity index (χ4v) is 2.08. The van der Waals surface area contributed by atoms with Gasteiger partial charge in [-0.2, -0.15) is 18.3 Å². The summed E-state index contributed by atoms with van der Waals surface area (Å²) in [6.07, 6.45) is -2.58. The number of nitrogens with zero attached hydrogens (tertiary/aromatic N) is 2. The van der Waals surface area contributed by atoms with E-state index in [4.69, 9.17) is 4.74 Å². The summed E-state index contributed by atoms with van der Waals surface area (Å²) in [5, 5.41) is 3.24. The molecule has 1 heterocycles. The van der Waals surface area contributed by atoms with Crippen molar-refractivity contribution < 1.29 is 27.5 Å². The SMILES string of the molecule is CC1=C(OC(=O)c2cn(C)nc2C(F)(F)F)CCCC1=O. The largest absolute Gasteiger partial charge is 0.436 e. The number of rotatable bonds is 2. The molecule has 0 aliphatic heterocycles. The highest BCUT2D eigenvalue weighted by Crippen LogP contribution is 2.32. The molecule has 114 valence electrons. The van der Waals surface area contributed by atoms with Crippen molar-refractivity contribution in [1.29, 1.82) is 0 Å². The third-order valence-corrected chi connectivity index (χ3v) is 3.18. The lowest BCUT2D eigenvalue weighted by Gasteiger charge is -2.16. The van der Waals surface area contributed by atoms with Crippen molar-refractivity contribution in [2.75, 3.05) is 0 Å². The zero-order valence-electron chi connectivity index (χ0n) is 11.5. The van der Waals surface area contributed by atoms with Crippen molar-refractivity contribution in [2.24, 2.45) is 7.05 Å². The number of carbonyl (C=O) groups is 2. The molecule has 0 atom stereocenters. The first-order chi connectivity index (χ1) is 9.70. The number of Topliss-reactive ketones (excluding diaryl/α,β-unsaturated/α-hetero) is 1. The van der Waals surface area contributed by atoms with E-state index in [1.54, 1.807) is 0 Å². The number of aryl methyl sites for hydroxylation is 1. The summed E-state index contributed by atoms with van der Waals surface area (Å²) in [4.78, 5) is 23.4. The Morgan fingerprint density at radius 1 is 1.38 bits per heavy atom. The maximum absolute atomic E-state index is 12.8. The van der Waals surface area contributed by atoms with Crippen LogP contribution in [0.15, 0.2) is 17.5 Å². The Bertz CT molecular complexity index is 629. The quantitative estimate of drug-likeness (QED) is 0.788. The molecule has 0 aromatic carbocycles. The van der Waals surface area contributed by atoms with Gasteiger partial charge in [-0.3, -0.25) is 9.48 Å². The van der Waals surface area contributed by atoms with Crippen molar-refractivity contribution in [3.8, 4) is 0 Å². The second-order valence-electron chi connectivity index (χ2n) is 4.78. The predicted molar refractivity (Wildman–Crippen MR) is 65.2 cm³/mol. The van der Waals surface area contributed by atoms with Gasteiger partial charge in [0.05, 0.1) is 0 Å². The second kappa shape index (κ2) is 5.34. The van der Waals surface area contributed by atoms with Crippen molar-refractivity contribution in [1.82, 2.24) is 9.78 Å². The molecule has 2 rings (SSSR count). The Morgan fingerprint density at radius 3 is 2.67 bits per heavy atom. The summed E-state index contributed by atoms with van der Waals surface area (Å²) in [5.41, 5.74) is -1.68. The number of ketones is 1. The van der Waals surface area contributed by atoms with Crippen molar-refractivity contribution in [2.45, 2.75) is 32.4 Å². The Labute approximate surface area is 118 Å². The maximum atomic E-state index is 12.8. The first kappa shape index (κ1) is 15.3. The van der Waals surface area contributed by atoms with E-state index in [0.717, 1.165) is 10.9 Å². The van der Waals surface area contributed by atoms with Gasteiger partial charge in [0.15, 0.2) is 11.5 Å². The van der Waals surface area contributed by atoms with E-state index in [0.29, 0.717) is 19.3 Å². The Hall–Kier alpha value is -2.12. The van der Waals surface area contributed by atoms with Crippen LogP contribution in [0.25, 0.3) is 0 Å². The van der Waals surface area contributed by atoms with Crippen LogP contribution >= 0.6 is 0 Å². The van der Waals surface area contributed by atoms with Gasteiger partial charge in [-0.1, -0.05) is 0 Å². The van der Waals surface area contributed by atoms with Crippen LogP contribution in [0.3, 0.4) is 0 Å². The third kappa shape index (κ3) is 3.14. The molecule has 8 heteroatoms. The summed E-state index contributed by atoms with van der Waals surface area (Å²) in [5.74, 6) is -1.18. The summed E-state index contributed by atoms with van der Waals surface area (Å²) in [6, 6.07) is 0. The summed E-state index contributed by atoms with van der Waals surface area (Å²) in [7, 11) is 1.28. The van der Waals surface area contributed by atoms with Gasteiger partial charge < -0.3 is 4.74 Å². The number of alkyl halides is 3. The summed E-state index contributed by atoms with van der Waals surface area (Å²) < 4.78 is 44.2. The molecule has 5 nitrogen and oxygen atoms in total. The average Bonchev–Trinajstić information content (AvgIpc) is 2.77. The fraction of sp³-hybridized carbons (Fsp3) is 0.462. The van der Waals surface area contributed by atoms with Gasteiger partial charge in [0, 0.05) is 31.7 Å². The summed E-state index contributed by atoms with van der Waals surface area (Å²) >= 11 is 0. The first-order valence-corrected chi connectivity index (χ1v) is 6.26. The molecule has 21 heavy (non-hydrogen) atoms. The van der Waals surface area contributed by atoms with Gasteiger partial charge in [0.25, 0.3) is 0 Å². The molecule has 0 bridgehead atoms. The molecule has 1 aromatic heterocycles. The van der Waals surface area contributed by atoms with Crippen LogP contribution in [0, 0.1) is 0 Å². The minimum atomic E-state index is -4.75. The molecule has 0 fully saturated rings. The molecule has 0 spiro atoms. The number of aromatic nitrogens is 2. The van der Waals surface area contributed by atoms with Crippen LogP contribution in [0.4, 0.5) is 13.2 Å². The van der Waals surface area contributed by atoms with Crippen LogP contribution in [-0.4, -0.2) is 21.5 Å². The number of halogens is 3. The number of carbonyl (C=O) groups excluding carboxylic acids is 2. The highest BCUT2D eigenvalue weighted by Gasteiger charge is 2.39. The van der Waals surface area contributed by atoms with Crippen molar-refractivity contribution in [3.63, 3.8) is 0 Å². The Kier molecular flexibility index (Phi) is 3.89. The molecule has 0 saturated heterocycles. The van der Waals surface area contributed by atoms with Crippen LogP contribution in [0.1, 0.15) is 42.2 Å². The number of allylic oxidation sites excluding steroid dienone is 2. The molecule has 1 aliphatic rings. The lowest BCUT2D eigenvalue weighted by Crippen LogP contribution is -2.17. The number of hydrogen-bond donors (Lipinski definition) is 0. The molecular formula is C13H13F3N2O3. The molecule has 0 unspecified atom stereocenters. The van der Waals surface area contributed by atoms with Gasteiger partial charge in [-0.25, -0.2) is 4.79 Å². The maximum Gasteiger partial charge on any atom is 0.436 e. The van der Waals surface area contributed by atoms with Gasteiger partial charge in [0.2, 0.25) is 0 Å². The van der Waals surface area contributed by atoms with Crippen LogP contribution in [0.2, 0.25) is 0 Å². The Morgan fingerprint density at radius 2 is 2.05 bits per heavy atom. The van der Waals surface area contributed by atoms with E-state index < -0.39 is 23.4 Å². The molecule has 1 aromatic rings. The van der Waals surface area contributed by atoms with Crippen molar-refractivity contribution >= 4 is 11.8 Å². The second-order valence-corrected chi connectivity index (χ2v) is 4.78. The topological polar surface area (TPSA) is 61.2 Å². The third-order valence-electron chi connectivity index (χ3n) is 3.18. The van der Waals surface area contributed by atoms with E-state index in [-0.39, 0.29) is 17.1 Å². The fourth-order valence-electron chi connectivity index (χ4n) is 2.08. The lowest BCUT2D eigenvalue weighted by atomic mass is 9.98.